The lowest BCUT2D eigenvalue weighted by atomic mass is 10.4. The van der Waals surface area contributed by atoms with Gasteiger partial charge < -0.3 is 10.6 Å². The first-order chi connectivity index (χ1) is 5.87. The van der Waals surface area contributed by atoms with E-state index in [4.69, 9.17) is 11.0 Å². The molecular weight excluding hydrogens is 204 g/mol. The summed E-state index contributed by atoms with van der Waals surface area (Å²) < 4.78 is 4.22. The fourth-order valence-corrected chi connectivity index (χ4v) is 1.48. The SMILES string of the molecule is CN(CCC#N)C(N)=NS(C)(C)S. The summed E-state index contributed by atoms with van der Waals surface area (Å²) in [7, 11) is 0.554. The predicted octanol–water partition coefficient (Wildman–Crippen LogP) is 0.971. The van der Waals surface area contributed by atoms with Gasteiger partial charge in [-0.3, -0.25) is 0 Å². The topological polar surface area (TPSA) is 65.4 Å². The second kappa shape index (κ2) is 5.25. The molecule has 0 spiro atoms. The lowest BCUT2D eigenvalue weighted by Gasteiger charge is -2.23. The summed E-state index contributed by atoms with van der Waals surface area (Å²) in [5.74, 6) is 0.449. The second-order valence-electron chi connectivity index (χ2n) is 3.00. The maximum atomic E-state index is 8.36. The van der Waals surface area contributed by atoms with Gasteiger partial charge in [-0.1, -0.05) is 0 Å². The monoisotopic (exact) mass is 220 g/mol. The number of thiol groups is 1. The Kier molecular flexibility index (Phi) is 5.03. The van der Waals surface area contributed by atoms with E-state index in [0.29, 0.717) is 18.9 Å². The minimum absolute atomic E-state index is 0.449. The van der Waals surface area contributed by atoms with E-state index < -0.39 is 9.25 Å². The summed E-state index contributed by atoms with van der Waals surface area (Å²) in [6, 6.07) is 2.05. The Morgan fingerprint density at radius 1 is 1.69 bits per heavy atom. The molecule has 0 atom stereocenters. The van der Waals surface area contributed by atoms with E-state index in [1.165, 1.54) is 0 Å². The van der Waals surface area contributed by atoms with Crippen molar-refractivity contribution in [1.29, 1.82) is 5.26 Å². The average molecular weight is 220 g/mol. The molecule has 0 aliphatic rings. The van der Waals surface area contributed by atoms with Gasteiger partial charge in [0.2, 0.25) is 5.96 Å². The van der Waals surface area contributed by atoms with Gasteiger partial charge in [0.05, 0.1) is 12.5 Å². The minimum atomic E-state index is -1.26. The van der Waals surface area contributed by atoms with Crippen LogP contribution in [0.4, 0.5) is 0 Å². The van der Waals surface area contributed by atoms with Gasteiger partial charge in [-0.05, 0) is 12.5 Å². The summed E-state index contributed by atoms with van der Waals surface area (Å²) in [5.41, 5.74) is 5.68. The molecule has 0 heterocycles. The summed E-state index contributed by atoms with van der Waals surface area (Å²) in [6.07, 6.45) is 4.32. The third kappa shape index (κ3) is 6.61. The first-order valence-electron chi connectivity index (χ1n) is 3.76. The number of nitriles is 1. The van der Waals surface area contributed by atoms with E-state index in [1.54, 1.807) is 4.90 Å². The van der Waals surface area contributed by atoms with Crippen molar-refractivity contribution in [1.82, 2.24) is 4.90 Å². The van der Waals surface area contributed by atoms with Gasteiger partial charge in [0.15, 0.2) is 0 Å². The minimum Gasteiger partial charge on any atom is -0.369 e. The van der Waals surface area contributed by atoms with Crippen LogP contribution in [-0.4, -0.2) is 37.0 Å². The Hall–Kier alpha value is -0.540. The molecule has 0 radical (unpaired) electrons. The van der Waals surface area contributed by atoms with Crippen molar-refractivity contribution in [3.63, 3.8) is 0 Å². The molecule has 0 aromatic carbocycles. The summed E-state index contributed by atoms with van der Waals surface area (Å²) in [4.78, 5) is 1.76. The van der Waals surface area contributed by atoms with Crippen LogP contribution in [0.25, 0.3) is 0 Å². The molecule has 0 amide bonds. The van der Waals surface area contributed by atoms with Gasteiger partial charge >= 0.3 is 0 Å². The first kappa shape index (κ1) is 12.5. The second-order valence-corrected chi connectivity index (χ2v) is 8.30. The fraction of sp³-hybridized carbons (Fsp3) is 0.714. The van der Waals surface area contributed by atoms with Crippen LogP contribution in [0.15, 0.2) is 4.40 Å². The van der Waals surface area contributed by atoms with Crippen LogP contribution >= 0.6 is 20.9 Å². The molecule has 0 saturated carbocycles. The Bertz CT molecular complexity index is 226. The van der Waals surface area contributed by atoms with Gasteiger partial charge in [0, 0.05) is 13.6 Å². The Balaban J connectivity index is 4.18. The number of rotatable bonds is 3. The molecule has 0 bridgehead atoms. The van der Waals surface area contributed by atoms with E-state index in [1.807, 2.05) is 19.6 Å². The van der Waals surface area contributed by atoms with Crippen LogP contribution in [0.3, 0.4) is 0 Å². The molecule has 0 saturated heterocycles. The highest BCUT2D eigenvalue weighted by molar-refractivity contribution is 8.86. The van der Waals surface area contributed by atoms with Crippen LogP contribution in [-0.2, 0) is 0 Å². The molecular formula is C7H16N4S2. The summed E-state index contributed by atoms with van der Waals surface area (Å²) in [6.45, 7) is 0.606. The fourth-order valence-electron chi connectivity index (χ4n) is 0.631. The normalized spacial score (nSPS) is 13.6. The van der Waals surface area contributed by atoms with Crippen molar-refractivity contribution >= 4 is 26.9 Å². The molecule has 0 rings (SSSR count). The van der Waals surface area contributed by atoms with E-state index in [2.05, 4.69) is 22.1 Å². The Labute approximate surface area is 86.1 Å². The highest BCUT2D eigenvalue weighted by Gasteiger charge is 2.06. The first-order valence-corrected chi connectivity index (χ1v) is 7.22. The van der Waals surface area contributed by atoms with Gasteiger partial charge in [-0.25, -0.2) is 0 Å². The molecule has 0 aromatic rings. The Morgan fingerprint density at radius 3 is 2.62 bits per heavy atom. The van der Waals surface area contributed by atoms with Gasteiger partial charge in [0.25, 0.3) is 0 Å². The third-order valence-electron chi connectivity index (χ3n) is 1.27. The van der Waals surface area contributed by atoms with E-state index in [9.17, 15) is 0 Å². The van der Waals surface area contributed by atoms with Crippen LogP contribution in [0.5, 0.6) is 0 Å². The molecule has 0 aromatic heterocycles. The zero-order chi connectivity index (χ0) is 10.5. The third-order valence-corrected chi connectivity index (χ3v) is 2.15. The molecule has 0 aliphatic heterocycles. The molecule has 13 heavy (non-hydrogen) atoms. The lowest BCUT2D eigenvalue weighted by Crippen LogP contribution is -2.34. The van der Waals surface area contributed by atoms with Crippen LogP contribution in [0.1, 0.15) is 6.42 Å². The molecule has 6 heteroatoms. The highest BCUT2D eigenvalue weighted by atomic mass is 33.1. The van der Waals surface area contributed by atoms with Crippen molar-refractivity contribution in [2.75, 3.05) is 26.1 Å². The highest BCUT2D eigenvalue weighted by Crippen LogP contribution is 2.46. The van der Waals surface area contributed by atoms with Crippen LogP contribution < -0.4 is 5.73 Å². The largest absolute Gasteiger partial charge is 0.369 e. The molecule has 0 unspecified atom stereocenters. The standard InChI is InChI=1S/C7H16N4S2/c1-11(6-4-5-8)7(9)10-13(2,3)12/h12H,4,6H2,1-3H3,(H2,9,10). The van der Waals surface area contributed by atoms with Gasteiger partial charge in [-0.15, -0.1) is 20.9 Å². The van der Waals surface area contributed by atoms with Crippen LogP contribution in [0, 0.1) is 11.3 Å². The Morgan fingerprint density at radius 2 is 2.23 bits per heavy atom. The number of nitrogens with two attached hydrogens (primary N) is 1. The van der Waals surface area contributed by atoms with E-state index in [0.717, 1.165) is 0 Å². The zero-order valence-electron chi connectivity index (χ0n) is 8.19. The summed E-state index contributed by atoms with van der Waals surface area (Å²) >= 11 is 4.30. The maximum Gasteiger partial charge on any atom is 0.201 e. The number of guanidine groups is 1. The average Bonchev–Trinajstić information content (AvgIpc) is 1.96. The lowest BCUT2D eigenvalue weighted by molar-refractivity contribution is 0.511. The number of hydrogen-bond acceptors (Lipinski definition) is 3. The number of nitrogens with zero attached hydrogens (tertiary/aromatic N) is 3. The van der Waals surface area contributed by atoms with Crippen molar-refractivity contribution < 1.29 is 0 Å². The quantitative estimate of drug-likeness (QED) is 0.322. The maximum absolute atomic E-state index is 8.36. The van der Waals surface area contributed by atoms with Gasteiger partial charge in [0.1, 0.15) is 0 Å². The van der Waals surface area contributed by atoms with Crippen molar-refractivity contribution in [2.45, 2.75) is 6.42 Å². The molecule has 0 fully saturated rings. The van der Waals surface area contributed by atoms with Crippen molar-refractivity contribution in [3.8, 4) is 6.07 Å². The zero-order valence-corrected chi connectivity index (χ0v) is 9.90. The van der Waals surface area contributed by atoms with E-state index >= 15 is 0 Å². The predicted molar refractivity (Wildman–Crippen MR) is 62.9 cm³/mol. The molecule has 2 N–H and O–H groups in total. The molecule has 76 valence electrons. The smallest absolute Gasteiger partial charge is 0.201 e. The van der Waals surface area contributed by atoms with Gasteiger partial charge in [-0.2, -0.15) is 9.66 Å². The van der Waals surface area contributed by atoms with Crippen LogP contribution in [0.2, 0.25) is 0 Å². The van der Waals surface area contributed by atoms with E-state index in [-0.39, 0.29) is 0 Å². The van der Waals surface area contributed by atoms with Crippen molar-refractivity contribution in [2.24, 2.45) is 10.1 Å². The number of hydrogen-bond donors (Lipinski definition) is 2. The molecule has 0 aliphatic carbocycles. The van der Waals surface area contributed by atoms with Crippen molar-refractivity contribution in [3.05, 3.63) is 0 Å². The molecule has 4 nitrogen and oxygen atoms in total. The summed E-state index contributed by atoms with van der Waals surface area (Å²) in [5, 5.41) is 8.36.